The number of hydrogen-bond acceptors (Lipinski definition) is 2. The molecule has 0 aliphatic carbocycles. The smallest absolute Gasteiger partial charge is 0.231 e. The summed E-state index contributed by atoms with van der Waals surface area (Å²) < 4.78 is 13.1. The molecule has 5 heteroatoms. The Morgan fingerprint density at radius 3 is 2.75 bits per heavy atom. The van der Waals surface area contributed by atoms with Crippen LogP contribution in [0.25, 0.3) is 0 Å². The average molecular weight is 293 g/mol. The quantitative estimate of drug-likeness (QED) is 0.845. The van der Waals surface area contributed by atoms with Crippen LogP contribution in [0, 0.1) is 5.82 Å². The third-order valence-electron chi connectivity index (χ3n) is 2.99. The van der Waals surface area contributed by atoms with Gasteiger partial charge in [-0.25, -0.2) is 4.39 Å². The fraction of sp³-hybridized carbons (Fsp3) is 0.133. The summed E-state index contributed by atoms with van der Waals surface area (Å²) in [6.45, 7) is 1.75. The van der Waals surface area contributed by atoms with Crippen LogP contribution in [0.2, 0.25) is 5.02 Å². The van der Waals surface area contributed by atoms with E-state index in [4.69, 9.17) is 17.3 Å². The zero-order chi connectivity index (χ0) is 14.7. The molecule has 1 atom stereocenters. The summed E-state index contributed by atoms with van der Waals surface area (Å²) in [5, 5.41) is 2.91. The van der Waals surface area contributed by atoms with Gasteiger partial charge in [-0.05, 0) is 42.8 Å². The number of halogens is 2. The monoisotopic (exact) mass is 292 g/mol. The predicted octanol–water partition coefficient (Wildman–Crippen LogP) is 3.80. The molecule has 0 fully saturated rings. The van der Waals surface area contributed by atoms with Crippen LogP contribution in [0.15, 0.2) is 42.5 Å². The Balaban J connectivity index is 2.17. The van der Waals surface area contributed by atoms with Gasteiger partial charge in [-0.15, -0.1) is 0 Å². The van der Waals surface area contributed by atoms with Gasteiger partial charge >= 0.3 is 0 Å². The highest BCUT2D eigenvalue weighted by Gasteiger charge is 2.16. The van der Waals surface area contributed by atoms with E-state index < -0.39 is 11.7 Å². The molecule has 0 aliphatic rings. The molecule has 2 rings (SSSR count). The topological polar surface area (TPSA) is 55.1 Å². The molecule has 0 heterocycles. The van der Waals surface area contributed by atoms with Crippen LogP contribution in [0.3, 0.4) is 0 Å². The highest BCUT2D eigenvalue weighted by atomic mass is 35.5. The summed E-state index contributed by atoms with van der Waals surface area (Å²) in [5.74, 6) is -1.15. The Labute approximate surface area is 121 Å². The average Bonchev–Trinajstić information content (AvgIpc) is 2.42. The van der Waals surface area contributed by atoms with Gasteiger partial charge in [-0.1, -0.05) is 23.7 Å². The van der Waals surface area contributed by atoms with Gasteiger partial charge in [-0.3, -0.25) is 4.79 Å². The third-order valence-corrected chi connectivity index (χ3v) is 3.32. The minimum absolute atomic E-state index is 0.257. The van der Waals surface area contributed by atoms with Gasteiger partial charge in [0.2, 0.25) is 5.91 Å². The van der Waals surface area contributed by atoms with E-state index in [9.17, 15) is 9.18 Å². The van der Waals surface area contributed by atoms with Gasteiger partial charge in [0.25, 0.3) is 0 Å². The number of amides is 1. The Hall–Kier alpha value is -2.07. The largest absolute Gasteiger partial charge is 0.399 e. The number of nitrogens with two attached hydrogens (primary N) is 1. The van der Waals surface area contributed by atoms with Crippen molar-refractivity contribution in [3.05, 3.63) is 58.9 Å². The first-order valence-electron chi connectivity index (χ1n) is 6.08. The Bertz CT molecular complexity index is 646. The lowest BCUT2D eigenvalue weighted by Crippen LogP contribution is -2.19. The Morgan fingerprint density at radius 2 is 2.05 bits per heavy atom. The molecule has 0 saturated heterocycles. The van der Waals surface area contributed by atoms with E-state index in [-0.39, 0.29) is 11.6 Å². The maximum Gasteiger partial charge on any atom is 0.231 e. The van der Waals surface area contributed by atoms with Gasteiger partial charge in [0.15, 0.2) is 0 Å². The lowest BCUT2D eigenvalue weighted by molar-refractivity contribution is -0.117. The number of hydrogen-bond donors (Lipinski definition) is 2. The van der Waals surface area contributed by atoms with Crippen molar-refractivity contribution in [3.63, 3.8) is 0 Å². The molecule has 20 heavy (non-hydrogen) atoms. The maximum absolute atomic E-state index is 13.1. The molecule has 3 N–H and O–H groups in total. The second kappa shape index (κ2) is 5.92. The molecule has 0 spiro atoms. The maximum atomic E-state index is 13.1. The molecular weight excluding hydrogens is 279 g/mol. The number of anilines is 2. The second-order valence-electron chi connectivity index (χ2n) is 4.51. The molecule has 0 bridgehead atoms. The van der Waals surface area contributed by atoms with Crippen molar-refractivity contribution in [3.8, 4) is 0 Å². The SMILES string of the molecule is CC(C(=O)Nc1cc(F)ccc1Cl)c1cccc(N)c1. The molecular formula is C15H14ClFN2O. The van der Waals surface area contributed by atoms with E-state index in [1.807, 2.05) is 6.07 Å². The first-order valence-corrected chi connectivity index (χ1v) is 6.46. The fourth-order valence-corrected chi connectivity index (χ4v) is 1.98. The normalized spacial score (nSPS) is 11.9. The van der Waals surface area contributed by atoms with Gasteiger partial charge < -0.3 is 11.1 Å². The first-order chi connectivity index (χ1) is 9.47. The van der Waals surface area contributed by atoms with Crippen molar-refractivity contribution in [2.75, 3.05) is 11.1 Å². The molecule has 3 nitrogen and oxygen atoms in total. The summed E-state index contributed by atoms with van der Waals surface area (Å²) in [7, 11) is 0. The van der Waals surface area contributed by atoms with Gasteiger partial charge in [-0.2, -0.15) is 0 Å². The van der Waals surface area contributed by atoms with Crippen LogP contribution in [-0.4, -0.2) is 5.91 Å². The lowest BCUT2D eigenvalue weighted by atomic mass is 10.00. The molecule has 1 amide bonds. The summed E-state index contributed by atoms with van der Waals surface area (Å²) in [6.07, 6.45) is 0. The molecule has 0 aromatic heterocycles. The summed E-state index contributed by atoms with van der Waals surface area (Å²) in [5.41, 5.74) is 7.32. The van der Waals surface area contributed by atoms with Crippen molar-refractivity contribution in [1.29, 1.82) is 0 Å². The van der Waals surface area contributed by atoms with Crippen LogP contribution in [0.5, 0.6) is 0 Å². The lowest BCUT2D eigenvalue weighted by Gasteiger charge is -2.14. The van der Waals surface area contributed by atoms with Crippen LogP contribution < -0.4 is 11.1 Å². The number of rotatable bonds is 3. The van der Waals surface area contributed by atoms with E-state index in [0.29, 0.717) is 10.7 Å². The predicted molar refractivity (Wildman–Crippen MR) is 79.3 cm³/mol. The van der Waals surface area contributed by atoms with E-state index in [2.05, 4.69) is 5.32 Å². The first kappa shape index (κ1) is 14.3. The third kappa shape index (κ3) is 3.27. The summed E-state index contributed by atoms with van der Waals surface area (Å²) >= 11 is 5.91. The van der Waals surface area contributed by atoms with Crippen molar-refractivity contribution >= 4 is 28.9 Å². The van der Waals surface area contributed by atoms with E-state index in [1.54, 1.807) is 25.1 Å². The molecule has 1 unspecified atom stereocenters. The van der Waals surface area contributed by atoms with Crippen LogP contribution >= 0.6 is 11.6 Å². The van der Waals surface area contributed by atoms with E-state index in [0.717, 1.165) is 5.56 Å². The van der Waals surface area contributed by atoms with Gasteiger partial charge in [0.1, 0.15) is 5.82 Å². The highest BCUT2D eigenvalue weighted by Crippen LogP contribution is 2.25. The summed E-state index contributed by atoms with van der Waals surface area (Å²) in [4.78, 5) is 12.2. The van der Waals surface area contributed by atoms with Crippen LogP contribution in [0.1, 0.15) is 18.4 Å². The minimum atomic E-state index is -0.457. The summed E-state index contributed by atoms with van der Waals surface area (Å²) in [6, 6.07) is 10.9. The Morgan fingerprint density at radius 1 is 1.30 bits per heavy atom. The van der Waals surface area contributed by atoms with Crippen LogP contribution in [-0.2, 0) is 4.79 Å². The van der Waals surface area contributed by atoms with Crippen LogP contribution in [0.4, 0.5) is 15.8 Å². The Kier molecular flexibility index (Phi) is 4.25. The second-order valence-corrected chi connectivity index (χ2v) is 4.91. The fourth-order valence-electron chi connectivity index (χ4n) is 1.81. The molecule has 104 valence electrons. The number of benzene rings is 2. The van der Waals surface area contributed by atoms with Crippen molar-refractivity contribution in [2.45, 2.75) is 12.8 Å². The minimum Gasteiger partial charge on any atom is -0.399 e. The zero-order valence-corrected chi connectivity index (χ0v) is 11.6. The molecule has 0 aliphatic heterocycles. The van der Waals surface area contributed by atoms with Gasteiger partial charge in [0, 0.05) is 5.69 Å². The number of carbonyl (C=O) groups is 1. The number of nitrogens with one attached hydrogen (secondary N) is 1. The van der Waals surface area contributed by atoms with E-state index in [1.165, 1.54) is 18.2 Å². The standard InChI is InChI=1S/C15H14ClFN2O/c1-9(10-3-2-4-12(18)7-10)15(20)19-14-8-11(17)5-6-13(14)16/h2-9H,18H2,1H3,(H,19,20). The highest BCUT2D eigenvalue weighted by molar-refractivity contribution is 6.33. The molecule has 2 aromatic rings. The van der Waals surface area contributed by atoms with E-state index >= 15 is 0 Å². The van der Waals surface area contributed by atoms with Crippen molar-refractivity contribution in [1.82, 2.24) is 0 Å². The molecule has 0 radical (unpaired) electrons. The van der Waals surface area contributed by atoms with Crippen molar-refractivity contribution < 1.29 is 9.18 Å². The number of carbonyl (C=O) groups excluding carboxylic acids is 1. The van der Waals surface area contributed by atoms with Gasteiger partial charge in [0.05, 0.1) is 16.6 Å². The van der Waals surface area contributed by atoms with Crippen molar-refractivity contribution in [2.24, 2.45) is 0 Å². The molecule has 2 aromatic carbocycles. The zero-order valence-electron chi connectivity index (χ0n) is 10.9. The molecule has 0 saturated carbocycles. The number of nitrogen functional groups attached to an aromatic ring is 1.